The minimum Gasteiger partial charge on any atom is -0.300 e. The third kappa shape index (κ3) is 3.54. The van der Waals surface area contributed by atoms with Gasteiger partial charge in [0.05, 0.1) is 6.61 Å². The minimum atomic E-state index is 0. The van der Waals surface area contributed by atoms with Crippen LogP contribution in [0.4, 0.5) is 0 Å². The number of hydrogen-bond acceptors (Lipinski definition) is 3. The van der Waals surface area contributed by atoms with Crippen LogP contribution in [0.2, 0.25) is 0 Å². The second kappa shape index (κ2) is 6.82. The molecule has 3 aliphatic rings. The van der Waals surface area contributed by atoms with Gasteiger partial charge in [-0.2, -0.15) is 5.06 Å². The van der Waals surface area contributed by atoms with E-state index in [1.165, 1.54) is 58.0 Å². The highest BCUT2D eigenvalue weighted by molar-refractivity contribution is 5.75. The molecule has 3 fully saturated rings. The molecule has 3 saturated heterocycles. The average molecular weight is 305 g/mol. The Balaban J connectivity index is 0.00000176. The van der Waals surface area contributed by atoms with Crippen molar-refractivity contribution in [3.8, 4) is 0 Å². The quantitative estimate of drug-likeness (QED) is 0.743. The zero-order valence-corrected chi connectivity index (χ0v) is 15.1. The van der Waals surface area contributed by atoms with Crippen molar-refractivity contribution >= 4 is 8.41 Å². The zero-order valence-electron chi connectivity index (χ0n) is 15.1. The molecule has 3 aliphatic heterocycles. The van der Waals surface area contributed by atoms with Gasteiger partial charge in [0.15, 0.2) is 0 Å². The Bertz CT molecular complexity index is 356. The van der Waals surface area contributed by atoms with Crippen molar-refractivity contribution in [1.82, 2.24) is 9.96 Å². The van der Waals surface area contributed by atoms with Gasteiger partial charge in [0.25, 0.3) is 0 Å². The van der Waals surface area contributed by atoms with E-state index in [1.54, 1.807) is 0 Å². The Morgan fingerprint density at radius 3 is 2.14 bits per heavy atom. The smallest absolute Gasteiger partial charge is 0.0728 e. The van der Waals surface area contributed by atoms with Gasteiger partial charge in [-0.3, -0.25) is 4.84 Å². The number of fused-ring (bicyclic) bond motifs is 1. The van der Waals surface area contributed by atoms with E-state index in [0.29, 0.717) is 0 Å². The number of piperidine rings is 2. The van der Waals surface area contributed by atoms with Crippen LogP contribution in [0.15, 0.2) is 0 Å². The lowest BCUT2D eigenvalue weighted by molar-refractivity contribution is -0.288. The Morgan fingerprint density at radius 2 is 1.50 bits per heavy atom. The molecule has 0 N–H and O–H groups in total. The van der Waals surface area contributed by atoms with Crippen LogP contribution >= 0.6 is 0 Å². The first-order valence-electron chi connectivity index (χ1n) is 9.07. The van der Waals surface area contributed by atoms with E-state index in [1.807, 2.05) is 0 Å². The summed E-state index contributed by atoms with van der Waals surface area (Å²) in [5.41, 5.74) is 0.345. The van der Waals surface area contributed by atoms with Gasteiger partial charge in [-0.1, -0.05) is 0 Å². The first kappa shape index (κ1) is 18.3. The summed E-state index contributed by atoms with van der Waals surface area (Å²) in [4.78, 5) is 9.18. The van der Waals surface area contributed by atoms with E-state index < -0.39 is 0 Å². The molecule has 3 heterocycles. The lowest BCUT2D eigenvalue weighted by Crippen LogP contribution is -2.59. The fourth-order valence-corrected chi connectivity index (χ4v) is 5.10. The summed E-state index contributed by atoms with van der Waals surface area (Å²) in [5, 5.41) is 2.34. The first-order chi connectivity index (χ1) is 9.90. The van der Waals surface area contributed by atoms with Crippen LogP contribution in [0.25, 0.3) is 0 Å². The summed E-state index contributed by atoms with van der Waals surface area (Å²) < 4.78 is 0. The van der Waals surface area contributed by atoms with Crippen LogP contribution in [0.1, 0.15) is 72.6 Å². The maximum absolute atomic E-state index is 6.47. The van der Waals surface area contributed by atoms with E-state index in [-0.39, 0.29) is 19.5 Å². The van der Waals surface area contributed by atoms with E-state index >= 15 is 0 Å². The number of nitrogens with zero attached hydrogens (tertiary/aromatic N) is 2. The highest BCUT2D eigenvalue weighted by Crippen LogP contribution is 2.39. The average Bonchev–Trinajstić information content (AvgIpc) is 2.85. The summed E-state index contributed by atoms with van der Waals surface area (Å²) in [6.45, 7) is 12.9. The van der Waals surface area contributed by atoms with Crippen molar-refractivity contribution in [3.05, 3.63) is 0 Å². The van der Waals surface area contributed by atoms with Crippen LogP contribution in [0.5, 0.6) is 0 Å². The number of rotatable bonds is 3. The molecule has 3 nitrogen and oxygen atoms in total. The molecule has 0 bridgehead atoms. The van der Waals surface area contributed by atoms with Crippen LogP contribution < -0.4 is 0 Å². The fourth-order valence-electron chi connectivity index (χ4n) is 5.10. The molecule has 0 amide bonds. The SMILES string of the molecule is CC1(C)CCCC(C)(C)N1OC[C@@H]1CCCN2CCC[C@H]12.[B]. The van der Waals surface area contributed by atoms with Gasteiger partial charge in [0.1, 0.15) is 0 Å². The van der Waals surface area contributed by atoms with Gasteiger partial charge in [-0.15, -0.1) is 0 Å². The normalized spacial score (nSPS) is 34.9. The Labute approximate surface area is 139 Å². The Morgan fingerprint density at radius 1 is 0.909 bits per heavy atom. The van der Waals surface area contributed by atoms with E-state index in [4.69, 9.17) is 4.84 Å². The highest BCUT2D eigenvalue weighted by atomic mass is 16.7. The van der Waals surface area contributed by atoms with Crippen LogP contribution in [0, 0.1) is 5.92 Å². The van der Waals surface area contributed by atoms with Crippen LogP contribution in [-0.4, -0.2) is 55.2 Å². The molecular formula is C18H34BN2O. The maximum Gasteiger partial charge on any atom is 0.0728 e. The predicted octanol–water partition coefficient (Wildman–Crippen LogP) is 3.45. The minimum absolute atomic E-state index is 0. The summed E-state index contributed by atoms with van der Waals surface area (Å²) >= 11 is 0. The molecule has 0 spiro atoms. The largest absolute Gasteiger partial charge is 0.300 e. The second-order valence-electron chi connectivity index (χ2n) is 8.72. The molecule has 2 atom stereocenters. The molecule has 125 valence electrons. The molecule has 0 aromatic heterocycles. The van der Waals surface area contributed by atoms with Gasteiger partial charge < -0.3 is 4.90 Å². The molecule has 0 aromatic carbocycles. The maximum atomic E-state index is 6.47. The van der Waals surface area contributed by atoms with Crippen molar-refractivity contribution in [2.45, 2.75) is 89.8 Å². The van der Waals surface area contributed by atoms with Crippen molar-refractivity contribution in [2.24, 2.45) is 5.92 Å². The standard InChI is InChI=1S/C18H34N2O.B/c1-17(2)10-7-11-18(3,4)20(17)21-14-15-8-5-12-19-13-6-9-16(15)19;/h15-16H,5-14H2,1-4H3;/t15-,16+;/m0./s1. The summed E-state index contributed by atoms with van der Waals surface area (Å²) in [6, 6.07) is 0.801. The highest BCUT2D eigenvalue weighted by Gasteiger charge is 2.43. The van der Waals surface area contributed by atoms with Gasteiger partial charge >= 0.3 is 0 Å². The zero-order chi connectivity index (χ0) is 15.1. The van der Waals surface area contributed by atoms with Crippen molar-refractivity contribution in [2.75, 3.05) is 19.7 Å². The van der Waals surface area contributed by atoms with Crippen LogP contribution in [-0.2, 0) is 4.84 Å². The van der Waals surface area contributed by atoms with Crippen molar-refractivity contribution in [1.29, 1.82) is 0 Å². The van der Waals surface area contributed by atoms with E-state index in [0.717, 1.165) is 18.6 Å². The Hall–Kier alpha value is -0.0551. The molecule has 22 heavy (non-hydrogen) atoms. The number of hydroxylamine groups is 2. The van der Waals surface area contributed by atoms with Gasteiger partial charge in [0.2, 0.25) is 0 Å². The van der Waals surface area contributed by atoms with Crippen molar-refractivity contribution < 1.29 is 4.84 Å². The molecule has 3 radical (unpaired) electrons. The topological polar surface area (TPSA) is 15.7 Å². The second-order valence-corrected chi connectivity index (χ2v) is 8.72. The number of hydrogen-bond donors (Lipinski definition) is 0. The van der Waals surface area contributed by atoms with Gasteiger partial charge in [-0.05, 0) is 91.6 Å². The summed E-state index contributed by atoms with van der Waals surface area (Å²) in [7, 11) is 0. The molecule has 0 saturated carbocycles. The molecule has 0 aliphatic carbocycles. The summed E-state index contributed by atoms with van der Waals surface area (Å²) in [5.74, 6) is 0.745. The lowest BCUT2D eigenvalue weighted by Gasteiger charge is -2.52. The molecule has 0 unspecified atom stereocenters. The molecular weight excluding hydrogens is 271 g/mol. The lowest BCUT2D eigenvalue weighted by atomic mass is 9.82. The van der Waals surface area contributed by atoms with E-state index in [9.17, 15) is 0 Å². The first-order valence-corrected chi connectivity index (χ1v) is 9.07. The monoisotopic (exact) mass is 305 g/mol. The fraction of sp³-hybridized carbons (Fsp3) is 1.00. The summed E-state index contributed by atoms with van der Waals surface area (Å²) in [6.07, 6.45) is 9.31. The predicted molar refractivity (Wildman–Crippen MR) is 92.9 cm³/mol. The van der Waals surface area contributed by atoms with Crippen LogP contribution in [0.3, 0.4) is 0 Å². The van der Waals surface area contributed by atoms with Gasteiger partial charge in [0, 0.05) is 25.5 Å². The third-order valence-electron chi connectivity index (χ3n) is 6.07. The molecule has 4 heteroatoms. The Kier molecular flexibility index (Phi) is 5.67. The van der Waals surface area contributed by atoms with Gasteiger partial charge in [-0.25, -0.2) is 0 Å². The molecule has 0 aromatic rings. The third-order valence-corrected chi connectivity index (χ3v) is 6.07. The molecule has 3 rings (SSSR count). The van der Waals surface area contributed by atoms with E-state index in [2.05, 4.69) is 37.7 Å². The van der Waals surface area contributed by atoms with Crippen molar-refractivity contribution in [3.63, 3.8) is 0 Å².